The van der Waals surface area contributed by atoms with E-state index >= 15 is 0 Å². The molecule has 0 radical (unpaired) electrons. The van der Waals surface area contributed by atoms with Crippen LogP contribution in [0.4, 0.5) is 22.0 Å². The minimum Gasteiger partial charge on any atom is -0.372 e. The molecule has 0 unspecified atom stereocenters. The summed E-state index contributed by atoms with van der Waals surface area (Å²) < 4.78 is 4.88. The number of nitrogens with one attached hydrogen (secondary N) is 2. The molecule has 2 aromatic rings. The fourth-order valence-corrected chi connectivity index (χ4v) is 2.05. The molecule has 2 amide bonds. The van der Waals surface area contributed by atoms with Crippen LogP contribution in [0.3, 0.4) is 0 Å². The highest BCUT2D eigenvalue weighted by molar-refractivity contribution is 5.99. The summed E-state index contributed by atoms with van der Waals surface area (Å²) in [5.41, 5.74) is 1.86. The number of urea groups is 1. The van der Waals surface area contributed by atoms with E-state index in [9.17, 15) is 4.79 Å². The van der Waals surface area contributed by atoms with E-state index in [1.165, 1.54) is 0 Å². The molecule has 112 valence electrons. The van der Waals surface area contributed by atoms with Crippen LogP contribution in [0.1, 0.15) is 19.6 Å². The molecule has 21 heavy (non-hydrogen) atoms. The lowest BCUT2D eigenvalue weighted by Crippen LogP contribution is -2.22. The van der Waals surface area contributed by atoms with Crippen molar-refractivity contribution < 1.29 is 9.32 Å². The Hall–Kier alpha value is -2.50. The maximum absolute atomic E-state index is 11.8. The third kappa shape index (κ3) is 3.98. The quantitative estimate of drug-likeness (QED) is 0.883. The highest BCUT2D eigenvalue weighted by atomic mass is 16.5. The predicted molar refractivity (Wildman–Crippen MR) is 83.9 cm³/mol. The molecule has 0 atom stereocenters. The molecule has 0 spiro atoms. The second-order valence-electron chi connectivity index (χ2n) is 4.62. The Morgan fingerprint density at radius 3 is 2.38 bits per heavy atom. The number of benzene rings is 1. The van der Waals surface area contributed by atoms with E-state index in [0.717, 1.165) is 24.5 Å². The van der Waals surface area contributed by atoms with E-state index in [0.29, 0.717) is 11.6 Å². The topological polar surface area (TPSA) is 70.4 Å². The SMILES string of the molecule is CCN(CC)c1ccc(NC(=O)Nc2cc(C)on2)cc1. The lowest BCUT2D eigenvalue weighted by molar-refractivity contribution is 0.262. The fourth-order valence-electron chi connectivity index (χ4n) is 2.05. The molecule has 0 aliphatic carbocycles. The van der Waals surface area contributed by atoms with Crippen LogP contribution >= 0.6 is 0 Å². The molecule has 0 aliphatic heterocycles. The second-order valence-corrected chi connectivity index (χ2v) is 4.62. The number of rotatable bonds is 5. The van der Waals surface area contributed by atoms with Crippen molar-refractivity contribution in [2.45, 2.75) is 20.8 Å². The van der Waals surface area contributed by atoms with Gasteiger partial charge in [-0.05, 0) is 45.0 Å². The zero-order valence-electron chi connectivity index (χ0n) is 12.5. The van der Waals surface area contributed by atoms with Crippen LogP contribution in [0.2, 0.25) is 0 Å². The molecule has 2 N–H and O–H groups in total. The molecule has 6 nitrogen and oxygen atoms in total. The minimum absolute atomic E-state index is 0.348. The van der Waals surface area contributed by atoms with Gasteiger partial charge in [-0.1, -0.05) is 5.16 Å². The van der Waals surface area contributed by atoms with E-state index in [4.69, 9.17) is 4.52 Å². The van der Waals surface area contributed by atoms with Crippen LogP contribution in [0.25, 0.3) is 0 Å². The van der Waals surface area contributed by atoms with Gasteiger partial charge in [0.25, 0.3) is 0 Å². The maximum atomic E-state index is 11.8. The predicted octanol–water partition coefficient (Wildman–Crippen LogP) is 3.47. The number of carbonyl (C=O) groups excluding carboxylic acids is 1. The lowest BCUT2D eigenvalue weighted by Gasteiger charge is -2.21. The number of amides is 2. The fraction of sp³-hybridized carbons (Fsp3) is 0.333. The summed E-state index contributed by atoms with van der Waals surface area (Å²) in [5, 5.41) is 9.06. The minimum atomic E-state index is -0.348. The van der Waals surface area contributed by atoms with Crippen LogP contribution in [-0.2, 0) is 0 Å². The summed E-state index contributed by atoms with van der Waals surface area (Å²) in [6, 6.07) is 9.04. The van der Waals surface area contributed by atoms with Crippen molar-refractivity contribution in [3.05, 3.63) is 36.1 Å². The molecule has 0 bridgehead atoms. The number of anilines is 3. The van der Waals surface area contributed by atoms with Crippen LogP contribution < -0.4 is 15.5 Å². The Kier molecular flexibility index (Phi) is 4.81. The van der Waals surface area contributed by atoms with Crippen LogP contribution in [0.5, 0.6) is 0 Å². The first-order chi connectivity index (χ1) is 10.1. The summed E-state index contributed by atoms with van der Waals surface area (Å²) in [5.74, 6) is 1.04. The summed E-state index contributed by atoms with van der Waals surface area (Å²) >= 11 is 0. The van der Waals surface area contributed by atoms with Gasteiger partial charge in [-0.25, -0.2) is 4.79 Å². The molecule has 1 aromatic heterocycles. The number of hydrogen-bond donors (Lipinski definition) is 2. The average Bonchev–Trinajstić information content (AvgIpc) is 2.87. The normalized spacial score (nSPS) is 10.2. The Morgan fingerprint density at radius 1 is 1.19 bits per heavy atom. The first-order valence-electron chi connectivity index (χ1n) is 6.98. The van der Waals surface area contributed by atoms with Gasteiger partial charge in [-0.3, -0.25) is 5.32 Å². The number of hydrogen-bond acceptors (Lipinski definition) is 4. The average molecular weight is 288 g/mol. The van der Waals surface area contributed by atoms with Crippen LogP contribution in [-0.4, -0.2) is 24.3 Å². The van der Waals surface area contributed by atoms with Crippen molar-refractivity contribution in [1.29, 1.82) is 0 Å². The van der Waals surface area contributed by atoms with E-state index in [-0.39, 0.29) is 6.03 Å². The number of aryl methyl sites for hydroxylation is 1. The molecule has 2 rings (SSSR count). The molecule has 0 aliphatic rings. The number of carbonyl (C=O) groups is 1. The summed E-state index contributed by atoms with van der Waals surface area (Å²) in [6.07, 6.45) is 0. The van der Waals surface area contributed by atoms with Crippen molar-refractivity contribution in [3.63, 3.8) is 0 Å². The van der Waals surface area contributed by atoms with E-state index in [2.05, 4.69) is 34.5 Å². The van der Waals surface area contributed by atoms with Gasteiger partial charge in [0.1, 0.15) is 5.76 Å². The lowest BCUT2D eigenvalue weighted by atomic mass is 10.2. The summed E-state index contributed by atoms with van der Waals surface area (Å²) in [7, 11) is 0. The number of aromatic nitrogens is 1. The molecule has 1 aromatic carbocycles. The van der Waals surface area contributed by atoms with E-state index < -0.39 is 0 Å². The van der Waals surface area contributed by atoms with Crippen LogP contribution in [0.15, 0.2) is 34.9 Å². The van der Waals surface area contributed by atoms with Gasteiger partial charge in [-0.15, -0.1) is 0 Å². The van der Waals surface area contributed by atoms with Gasteiger partial charge < -0.3 is 14.7 Å². The van der Waals surface area contributed by atoms with E-state index in [1.54, 1.807) is 13.0 Å². The molecule has 6 heteroatoms. The van der Waals surface area contributed by atoms with Gasteiger partial charge in [0.15, 0.2) is 5.82 Å². The van der Waals surface area contributed by atoms with Gasteiger partial charge in [0.2, 0.25) is 0 Å². The Bertz CT molecular complexity index is 588. The third-order valence-corrected chi connectivity index (χ3v) is 3.12. The molecule has 0 fully saturated rings. The standard InChI is InChI=1S/C15H20N4O2/c1-4-19(5-2)13-8-6-12(7-9-13)16-15(20)17-14-10-11(3)21-18-14/h6-10H,4-5H2,1-3H3,(H2,16,17,18,20). The van der Waals surface area contributed by atoms with Gasteiger partial charge in [-0.2, -0.15) is 0 Å². The van der Waals surface area contributed by atoms with E-state index in [1.807, 2.05) is 24.3 Å². The van der Waals surface area contributed by atoms with Gasteiger partial charge in [0.05, 0.1) is 0 Å². The zero-order chi connectivity index (χ0) is 15.2. The molecule has 0 saturated heterocycles. The summed E-state index contributed by atoms with van der Waals surface area (Å²) in [6.45, 7) is 7.90. The Labute approximate surface area is 124 Å². The summed E-state index contributed by atoms with van der Waals surface area (Å²) in [4.78, 5) is 14.0. The highest BCUT2D eigenvalue weighted by Crippen LogP contribution is 2.18. The highest BCUT2D eigenvalue weighted by Gasteiger charge is 2.07. The van der Waals surface area contributed by atoms with Gasteiger partial charge >= 0.3 is 6.03 Å². The molecular weight excluding hydrogens is 268 g/mol. The maximum Gasteiger partial charge on any atom is 0.324 e. The molecule has 0 saturated carbocycles. The van der Waals surface area contributed by atoms with Gasteiger partial charge in [0, 0.05) is 30.5 Å². The zero-order valence-corrected chi connectivity index (χ0v) is 12.5. The van der Waals surface area contributed by atoms with Crippen molar-refractivity contribution in [2.75, 3.05) is 28.6 Å². The van der Waals surface area contributed by atoms with Crippen molar-refractivity contribution in [2.24, 2.45) is 0 Å². The van der Waals surface area contributed by atoms with Crippen molar-refractivity contribution in [3.8, 4) is 0 Å². The monoisotopic (exact) mass is 288 g/mol. The molecule has 1 heterocycles. The third-order valence-electron chi connectivity index (χ3n) is 3.12. The van der Waals surface area contributed by atoms with Crippen molar-refractivity contribution in [1.82, 2.24) is 5.16 Å². The first-order valence-corrected chi connectivity index (χ1v) is 6.98. The smallest absolute Gasteiger partial charge is 0.324 e. The largest absolute Gasteiger partial charge is 0.372 e. The van der Waals surface area contributed by atoms with Crippen LogP contribution in [0, 0.1) is 6.92 Å². The number of nitrogens with zero attached hydrogens (tertiary/aromatic N) is 2. The second kappa shape index (κ2) is 6.78. The van der Waals surface area contributed by atoms with Crippen molar-refractivity contribution >= 4 is 23.2 Å². The molecular formula is C15H20N4O2. The Balaban J connectivity index is 1.95. The first kappa shape index (κ1) is 14.9. The Morgan fingerprint density at radius 2 is 1.86 bits per heavy atom.